The van der Waals surface area contributed by atoms with Crippen LogP contribution in [-0.2, 0) is 11.2 Å². The van der Waals surface area contributed by atoms with Crippen molar-refractivity contribution in [2.45, 2.75) is 52.6 Å². The molecule has 0 spiro atoms. The van der Waals surface area contributed by atoms with Crippen LogP contribution in [0, 0.1) is 17.8 Å². The van der Waals surface area contributed by atoms with Gasteiger partial charge in [-0.05, 0) is 50.5 Å². The maximum atomic E-state index is 5.83. The summed E-state index contributed by atoms with van der Waals surface area (Å²) in [5.41, 5.74) is 5.83. The molecule has 0 amide bonds. The highest BCUT2D eigenvalue weighted by Gasteiger charge is 2.36. The molecule has 20 heavy (non-hydrogen) atoms. The molecule has 1 unspecified atom stereocenters. The molecule has 2 N–H and O–H groups in total. The molecule has 5 heteroatoms. The van der Waals surface area contributed by atoms with Gasteiger partial charge in [-0.3, -0.25) is 0 Å². The van der Waals surface area contributed by atoms with Crippen LogP contribution in [0.15, 0.2) is 4.52 Å². The Morgan fingerprint density at radius 3 is 2.70 bits per heavy atom. The minimum atomic E-state index is 0.0129. The first-order chi connectivity index (χ1) is 9.63. The van der Waals surface area contributed by atoms with Crippen LogP contribution >= 0.6 is 0 Å². The number of nitrogens with two attached hydrogens (primary N) is 1. The lowest BCUT2D eigenvalue weighted by atomic mass is 9.94. The van der Waals surface area contributed by atoms with Crippen LogP contribution in [0.5, 0.6) is 0 Å². The van der Waals surface area contributed by atoms with E-state index in [1.165, 1.54) is 12.8 Å². The Kier molecular flexibility index (Phi) is 5.54. The molecular weight excluding hydrogens is 254 g/mol. The summed E-state index contributed by atoms with van der Waals surface area (Å²) >= 11 is 0. The van der Waals surface area contributed by atoms with Gasteiger partial charge in [0.1, 0.15) is 6.10 Å². The number of hydrogen-bond donors (Lipinski definition) is 1. The van der Waals surface area contributed by atoms with Crippen LogP contribution in [0.3, 0.4) is 0 Å². The highest BCUT2D eigenvalue weighted by molar-refractivity contribution is 4.99. The van der Waals surface area contributed by atoms with E-state index in [2.05, 4.69) is 24.0 Å². The topological polar surface area (TPSA) is 74.2 Å². The lowest BCUT2D eigenvalue weighted by molar-refractivity contribution is 0.0384. The summed E-state index contributed by atoms with van der Waals surface area (Å²) in [5.74, 6) is 3.02. The Morgan fingerprint density at radius 1 is 1.40 bits per heavy atom. The molecule has 0 aliphatic heterocycles. The summed E-state index contributed by atoms with van der Waals surface area (Å²) in [6.45, 7) is 7.76. The summed E-state index contributed by atoms with van der Waals surface area (Å²) in [6, 6.07) is 0. The minimum Gasteiger partial charge on any atom is -0.370 e. The van der Waals surface area contributed by atoms with Crippen molar-refractivity contribution in [2.75, 3.05) is 13.2 Å². The molecule has 1 saturated carbocycles. The van der Waals surface area contributed by atoms with Gasteiger partial charge < -0.3 is 15.0 Å². The third kappa shape index (κ3) is 4.28. The van der Waals surface area contributed by atoms with Crippen LogP contribution in [0.2, 0.25) is 0 Å². The molecule has 2 atom stereocenters. The van der Waals surface area contributed by atoms with E-state index in [1.54, 1.807) is 0 Å². The Labute approximate surface area is 121 Å². The standard InChI is InChI=1S/C15H27N3O2/c1-4-19-14(12-5-6-12)15-17-13(20-18-15)8-11(9-16)7-10(2)3/h10-12,14H,4-9,16H2,1-3H3/t11-,14?/m0/s1. The molecule has 1 aliphatic carbocycles. The second kappa shape index (κ2) is 7.18. The smallest absolute Gasteiger partial charge is 0.227 e. The number of hydrogen-bond acceptors (Lipinski definition) is 5. The molecule has 1 aromatic rings. The maximum absolute atomic E-state index is 5.83. The zero-order valence-corrected chi connectivity index (χ0v) is 12.8. The first-order valence-corrected chi connectivity index (χ1v) is 7.78. The largest absolute Gasteiger partial charge is 0.370 e. The van der Waals surface area contributed by atoms with Crippen LogP contribution in [-0.4, -0.2) is 23.3 Å². The van der Waals surface area contributed by atoms with Crippen molar-refractivity contribution in [1.29, 1.82) is 0 Å². The van der Waals surface area contributed by atoms with Gasteiger partial charge in [0.15, 0.2) is 0 Å². The minimum absolute atomic E-state index is 0.0129. The van der Waals surface area contributed by atoms with Crippen molar-refractivity contribution in [1.82, 2.24) is 10.1 Å². The molecule has 1 aliphatic rings. The van der Waals surface area contributed by atoms with Crippen molar-refractivity contribution in [3.8, 4) is 0 Å². The predicted molar refractivity (Wildman–Crippen MR) is 77.1 cm³/mol. The average Bonchev–Trinajstić information content (AvgIpc) is 3.14. The maximum Gasteiger partial charge on any atom is 0.227 e. The summed E-state index contributed by atoms with van der Waals surface area (Å²) in [5, 5.41) is 4.11. The van der Waals surface area contributed by atoms with Crippen LogP contribution in [0.25, 0.3) is 0 Å². The lowest BCUT2D eigenvalue weighted by Crippen LogP contribution is -2.19. The fourth-order valence-corrected chi connectivity index (χ4v) is 2.64. The van der Waals surface area contributed by atoms with Gasteiger partial charge in [0.25, 0.3) is 0 Å². The summed E-state index contributed by atoms with van der Waals surface area (Å²) in [4.78, 5) is 4.53. The first kappa shape index (κ1) is 15.4. The number of nitrogens with zero attached hydrogens (tertiary/aromatic N) is 2. The van der Waals surface area contributed by atoms with E-state index < -0.39 is 0 Å². The van der Waals surface area contributed by atoms with E-state index >= 15 is 0 Å². The average molecular weight is 281 g/mol. The van der Waals surface area contributed by atoms with Gasteiger partial charge in [0, 0.05) is 13.0 Å². The molecule has 0 saturated heterocycles. The quantitative estimate of drug-likeness (QED) is 0.753. The van der Waals surface area contributed by atoms with Gasteiger partial charge in [-0.1, -0.05) is 19.0 Å². The Morgan fingerprint density at radius 2 is 2.15 bits per heavy atom. The van der Waals surface area contributed by atoms with Gasteiger partial charge in [-0.25, -0.2) is 0 Å². The first-order valence-electron chi connectivity index (χ1n) is 7.78. The molecular formula is C15H27N3O2. The van der Waals surface area contributed by atoms with Crippen LogP contribution < -0.4 is 5.73 Å². The molecule has 1 fully saturated rings. The van der Waals surface area contributed by atoms with E-state index in [9.17, 15) is 0 Å². The molecule has 114 valence electrons. The Bertz CT molecular complexity index is 402. The molecule has 1 heterocycles. The summed E-state index contributed by atoms with van der Waals surface area (Å²) in [7, 11) is 0. The van der Waals surface area contributed by atoms with E-state index in [1.807, 2.05) is 6.92 Å². The van der Waals surface area contributed by atoms with Crippen molar-refractivity contribution in [3.63, 3.8) is 0 Å². The molecule has 0 aromatic carbocycles. The molecule has 1 aromatic heterocycles. The second-order valence-corrected chi connectivity index (χ2v) is 6.20. The predicted octanol–water partition coefficient (Wildman–Crippen LogP) is 2.72. The van der Waals surface area contributed by atoms with Gasteiger partial charge in [0.2, 0.25) is 11.7 Å². The van der Waals surface area contributed by atoms with Crippen molar-refractivity contribution in [2.24, 2.45) is 23.5 Å². The fourth-order valence-electron chi connectivity index (χ4n) is 2.64. The number of rotatable bonds is 9. The molecule has 2 rings (SSSR count). The molecule has 0 bridgehead atoms. The zero-order valence-electron chi connectivity index (χ0n) is 12.8. The monoisotopic (exact) mass is 281 g/mol. The molecule has 5 nitrogen and oxygen atoms in total. The summed E-state index contributed by atoms with van der Waals surface area (Å²) in [6.07, 6.45) is 4.27. The van der Waals surface area contributed by atoms with Crippen molar-refractivity contribution in [3.05, 3.63) is 11.7 Å². The zero-order chi connectivity index (χ0) is 14.5. The number of aromatic nitrogens is 2. The van der Waals surface area contributed by atoms with Gasteiger partial charge in [-0.2, -0.15) is 4.98 Å². The highest BCUT2D eigenvalue weighted by atomic mass is 16.5. The fraction of sp³-hybridized carbons (Fsp3) is 0.867. The van der Waals surface area contributed by atoms with E-state index in [4.69, 9.17) is 15.0 Å². The van der Waals surface area contributed by atoms with Gasteiger partial charge >= 0.3 is 0 Å². The van der Waals surface area contributed by atoms with Gasteiger partial charge in [0.05, 0.1) is 0 Å². The SMILES string of the molecule is CCOC(c1noc(C[C@@H](CN)CC(C)C)n1)C1CC1. The second-order valence-electron chi connectivity index (χ2n) is 6.20. The van der Waals surface area contributed by atoms with E-state index in [0.717, 1.165) is 12.8 Å². The van der Waals surface area contributed by atoms with Crippen LogP contribution in [0.1, 0.15) is 57.9 Å². The normalized spacial score (nSPS) is 18.4. The van der Waals surface area contributed by atoms with E-state index in [-0.39, 0.29) is 6.10 Å². The van der Waals surface area contributed by atoms with Crippen molar-refractivity contribution >= 4 is 0 Å². The number of ether oxygens (including phenoxy) is 1. The summed E-state index contributed by atoms with van der Waals surface area (Å²) < 4.78 is 11.1. The third-order valence-corrected chi connectivity index (χ3v) is 3.74. The lowest BCUT2D eigenvalue weighted by Gasteiger charge is -2.14. The van der Waals surface area contributed by atoms with Crippen molar-refractivity contribution < 1.29 is 9.26 Å². The van der Waals surface area contributed by atoms with Crippen LogP contribution in [0.4, 0.5) is 0 Å². The Balaban J connectivity index is 1.96. The van der Waals surface area contributed by atoms with Gasteiger partial charge in [-0.15, -0.1) is 0 Å². The molecule has 0 radical (unpaired) electrons. The highest BCUT2D eigenvalue weighted by Crippen LogP contribution is 2.42. The third-order valence-electron chi connectivity index (χ3n) is 3.74. The van der Waals surface area contributed by atoms with E-state index in [0.29, 0.717) is 42.6 Å². The Hall–Kier alpha value is -0.940.